The molecule has 3 aromatic carbocycles. The van der Waals surface area contributed by atoms with Crippen molar-refractivity contribution in [2.45, 2.75) is 71.8 Å². The summed E-state index contributed by atoms with van der Waals surface area (Å²) in [7, 11) is 0. The lowest BCUT2D eigenvalue weighted by molar-refractivity contribution is -0.148. The van der Waals surface area contributed by atoms with Gasteiger partial charge in [0.1, 0.15) is 5.60 Å². The highest BCUT2D eigenvalue weighted by Gasteiger charge is 2.14. The molecule has 4 rings (SSSR count). The highest BCUT2D eigenvalue weighted by atomic mass is 16.6. The fourth-order valence-electron chi connectivity index (χ4n) is 4.79. The summed E-state index contributed by atoms with van der Waals surface area (Å²) in [5, 5.41) is 2.94. The molecule has 0 unspecified atom stereocenters. The van der Waals surface area contributed by atoms with E-state index in [2.05, 4.69) is 34.3 Å². The second-order valence-corrected chi connectivity index (χ2v) is 11.9. The minimum atomic E-state index is -0.523. The molecule has 6 nitrogen and oxygen atoms in total. The molecular weight excluding hydrogens is 546 g/mol. The fourth-order valence-corrected chi connectivity index (χ4v) is 4.79. The van der Waals surface area contributed by atoms with E-state index >= 15 is 0 Å². The van der Waals surface area contributed by atoms with Gasteiger partial charge >= 0.3 is 5.97 Å². The number of anilines is 1. The normalized spacial score (nSPS) is 11.7. The van der Waals surface area contributed by atoms with Crippen molar-refractivity contribution in [3.63, 3.8) is 0 Å². The molecule has 2 N–H and O–H groups in total. The van der Waals surface area contributed by atoms with E-state index in [1.165, 1.54) is 43.7 Å². The highest BCUT2D eigenvalue weighted by molar-refractivity contribution is 6.02. The van der Waals surface area contributed by atoms with Crippen molar-refractivity contribution in [3.05, 3.63) is 108 Å². The van der Waals surface area contributed by atoms with E-state index in [4.69, 9.17) is 4.74 Å². The molecular formula is C38H43N3O3. The minimum Gasteiger partial charge on any atom is -0.457 e. The molecule has 1 aromatic heterocycles. The van der Waals surface area contributed by atoms with Crippen molar-refractivity contribution >= 4 is 29.7 Å². The number of aromatic nitrogens is 2. The molecule has 1 heterocycles. The van der Waals surface area contributed by atoms with Gasteiger partial charge in [0.25, 0.3) is 0 Å². The van der Waals surface area contributed by atoms with Gasteiger partial charge in [-0.3, -0.25) is 4.79 Å². The maximum absolute atomic E-state index is 12.5. The summed E-state index contributed by atoms with van der Waals surface area (Å²) in [4.78, 5) is 32.3. The number of amides is 1. The molecule has 0 aliphatic carbocycles. The molecule has 6 heteroatoms. The van der Waals surface area contributed by atoms with E-state index in [9.17, 15) is 9.59 Å². The summed E-state index contributed by atoms with van der Waals surface area (Å²) < 4.78 is 5.32. The molecule has 1 amide bonds. The molecule has 0 spiro atoms. The van der Waals surface area contributed by atoms with Gasteiger partial charge < -0.3 is 15.0 Å². The molecule has 0 radical (unpaired) electrons. The van der Waals surface area contributed by atoms with Gasteiger partial charge in [-0.25, -0.2) is 9.78 Å². The van der Waals surface area contributed by atoms with Crippen LogP contribution in [0.25, 0.3) is 34.7 Å². The Balaban J connectivity index is 1.31. The molecule has 0 saturated carbocycles. The Morgan fingerprint density at radius 2 is 1.41 bits per heavy atom. The lowest BCUT2D eigenvalue weighted by Crippen LogP contribution is -2.22. The third-order valence-corrected chi connectivity index (χ3v) is 7.06. The zero-order chi connectivity index (χ0) is 31.4. The van der Waals surface area contributed by atoms with Gasteiger partial charge in [-0.15, -0.1) is 0 Å². The average molecular weight is 590 g/mol. The van der Waals surface area contributed by atoms with Crippen LogP contribution in [0.15, 0.2) is 91.3 Å². The number of nitrogens with zero attached hydrogens (tertiary/aromatic N) is 1. The van der Waals surface area contributed by atoms with Crippen molar-refractivity contribution in [2.24, 2.45) is 0 Å². The number of rotatable bonds is 13. The van der Waals surface area contributed by atoms with Crippen LogP contribution in [0.1, 0.15) is 76.5 Å². The smallest absolute Gasteiger partial charge is 0.331 e. The van der Waals surface area contributed by atoms with Crippen LogP contribution in [0.2, 0.25) is 0 Å². The minimum absolute atomic E-state index is 0.165. The summed E-state index contributed by atoms with van der Waals surface area (Å²) in [5.74, 6) is -0.537. The van der Waals surface area contributed by atoms with Gasteiger partial charge in [0.2, 0.25) is 5.91 Å². The maximum atomic E-state index is 12.5. The quantitative estimate of drug-likeness (QED) is 0.0925. The number of ether oxygens (including phenoxy) is 1. The number of benzene rings is 3. The van der Waals surface area contributed by atoms with Gasteiger partial charge in [-0.2, -0.15) is 0 Å². The van der Waals surface area contributed by atoms with Gasteiger partial charge in [0.15, 0.2) is 0 Å². The van der Waals surface area contributed by atoms with Crippen LogP contribution in [0.4, 0.5) is 5.69 Å². The number of hydrogen-bond acceptors (Lipinski definition) is 4. The van der Waals surface area contributed by atoms with Gasteiger partial charge in [-0.1, -0.05) is 93.3 Å². The predicted molar refractivity (Wildman–Crippen MR) is 181 cm³/mol. The van der Waals surface area contributed by atoms with Gasteiger partial charge in [0.05, 0.1) is 17.7 Å². The lowest BCUT2D eigenvalue weighted by Gasteiger charge is -2.17. The predicted octanol–water partition coefficient (Wildman–Crippen LogP) is 9.26. The van der Waals surface area contributed by atoms with Crippen LogP contribution < -0.4 is 5.32 Å². The van der Waals surface area contributed by atoms with Gasteiger partial charge in [-0.05, 0) is 74.6 Å². The Labute approximate surface area is 261 Å². The first-order valence-electron chi connectivity index (χ1n) is 15.4. The largest absolute Gasteiger partial charge is 0.457 e. The Kier molecular flexibility index (Phi) is 11.5. The van der Waals surface area contributed by atoms with E-state index < -0.39 is 5.60 Å². The number of carbonyl (C=O) groups is 2. The monoisotopic (exact) mass is 589 g/mol. The SMILES string of the molecule is CCCCCCCc1ccc(NC(=O)C=Cc2ccc(-c3[nH]cnc3-c3ccc(C=CC(=O)OC(C)(C)C)cc3)cc2)cc1. The van der Waals surface area contributed by atoms with E-state index in [1.54, 1.807) is 24.6 Å². The van der Waals surface area contributed by atoms with Crippen LogP contribution in [-0.2, 0) is 20.7 Å². The summed E-state index contributed by atoms with van der Waals surface area (Å²) in [5.41, 5.74) is 7.06. The second-order valence-electron chi connectivity index (χ2n) is 11.9. The zero-order valence-corrected chi connectivity index (χ0v) is 26.2. The number of aryl methyl sites for hydroxylation is 1. The summed E-state index contributed by atoms with van der Waals surface area (Å²) in [6.07, 6.45) is 15.6. The summed E-state index contributed by atoms with van der Waals surface area (Å²) in [6.45, 7) is 7.76. The van der Waals surface area contributed by atoms with Crippen molar-refractivity contribution in [3.8, 4) is 22.5 Å². The second kappa shape index (κ2) is 15.7. The highest BCUT2D eigenvalue weighted by Crippen LogP contribution is 2.29. The maximum Gasteiger partial charge on any atom is 0.331 e. The number of carbonyl (C=O) groups excluding carboxylic acids is 2. The van der Waals surface area contributed by atoms with Crippen LogP contribution in [-0.4, -0.2) is 27.4 Å². The standard InChI is InChI=1S/C38H43N3O3/c1-5-6-7-8-9-10-28-15-23-33(24-16-28)41-34(42)25-17-29-11-19-31(20-12-29)36-37(40-27-39-36)32-21-13-30(14-22-32)18-26-35(43)44-38(2,3)4/h11-27H,5-10H2,1-4H3,(H,39,40)(H,41,42). The molecule has 0 aliphatic heterocycles. The average Bonchev–Trinajstić information content (AvgIpc) is 3.50. The fraction of sp³-hybridized carbons (Fsp3) is 0.289. The molecule has 0 atom stereocenters. The molecule has 0 bridgehead atoms. The van der Waals surface area contributed by atoms with Crippen molar-refractivity contribution < 1.29 is 14.3 Å². The first-order valence-corrected chi connectivity index (χ1v) is 15.4. The van der Waals surface area contributed by atoms with Crippen LogP contribution in [0, 0.1) is 0 Å². The number of aromatic amines is 1. The first kappa shape index (κ1) is 32.2. The Morgan fingerprint density at radius 3 is 2.05 bits per heavy atom. The van der Waals surface area contributed by atoms with Crippen LogP contribution in [0.5, 0.6) is 0 Å². The van der Waals surface area contributed by atoms with Crippen LogP contribution in [0.3, 0.4) is 0 Å². The Morgan fingerprint density at radius 1 is 0.795 bits per heavy atom. The third kappa shape index (κ3) is 10.2. The number of nitrogens with one attached hydrogen (secondary N) is 2. The van der Waals surface area contributed by atoms with E-state index in [-0.39, 0.29) is 11.9 Å². The number of unbranched alkanes of at least 4 members (excludes halogenated alkanes) is 4. The van der Waals surface area contributed by atoms with Crippen LogP contribution >= 0.6 is 0 Å². The topological polar surface area (TPSA) is 84.1 Å². The Bertz CT molecular complexity index is 1560. The third-order valence-electron chi connectivity index (χ3n) is 7.06. The molecule has 0 fully saturated rings. The van der Waals surface area contributed by atoms with Crippen molar-refractivity contribution in [1.82, 2.24) is 9.97 Å². The first-order chi connectivity index (χ1) is 21.2. The number of imidazole rings is 1. The number of hydrogen-bond donors (Lipinski definition) is 2. The Hall–Kier alpha value is -4.71. The zero-order valence-electron chi connectivity index (χ0n) is 26.2. The van der Waals surface area contributed by atoms with Crippen molar-refractivity contribution in [2.75, 3.05) is 5.32 Å². The molecule has 4 aromatic rings. The van der Waals surface area contributed by atoms with Gasteiger partial charge in [0, 0.05) is 29.0 Å². The molecule has 0 aliphatic rings. The molecule has 228 valence electrons. The van der Waals surface area contributed by atoms with E-state index in [0.717, 1.165) is 45.7 Å². The van der Waals surface area contributed by atoms with Crippen molar-refractivity contribution in [1.29, 1.82) is 0 Å². The lowest BCUT2D eigenvalue weighted by atomic mass is 10.0. The summed E-state index contributed by atoms with van der Waals surface area (Å²) in [6, 6.07) is 23.9. The molecule has 0 saturated heterocycles. The number of esters is 1. The molecule has 44 heavy (non-hydrogen) atoms. The summed E-state index contributed by atoms with van der Waals surface area (Å²) >= 11 is 0. The van der Waals surface area contributed by atoms with E-state index in [1.807, 2.05) is 81.4 Å². The van der Waals surface area contributed by atoms with E-state index in [0.29, 0.717) is 0 Å². The number of H-pyrrole nitrogens is 1.